The van der Waals surface area contributed by atoms with Crippen molar-refractivity contribution in [2.45, 2.75) is 30.4 Å². The minimum atomic E-state index is -0.246. The smallest absolute Gasteiger partial charge is 0.261 e. The van der Waals surface area contributed by atoms with Crippen LogP contribution in [0, 0.1) is 0 Å². The largest absolute Gasteiger partial charge is 0.492 e. The minimum absolute atomic E-state index is 0.246. The van der Waals surface area contributed by atoms with E-state index in [1.54, 1.807) is 24.3 Å². The number of benzene rings is 2. The molecule has 1 heterocycles. The summed E-state index contributed by atoms with van der Waals surface area (Å²) >= 11 is 1.84. The van der Waals surface area contributed by atoms with E-state index in [0.29, 0.717) is 16.4 Å². The molecule has 0 radical (unpaired) electrons. The lowest BCUT2D eigenvalue weighted by Crippen LogP contribution is -2.33. The number of carbonyl (C=O) groups is 2. The third kappa shape index (κ3) is 3.87. The van der Waals surface area contributed by atoms with Crippen LogP contribution in [0.15, 0.2) is 53.4 Å². The number of ether oxygens (including phenoxy) is 1. The molecule has 4 nitrogen and oxygen atoms in total. The Morgan fingerprint density at radius 2 is 1.60 bits per heavy atom. The van der Waals surface area contributed by atoms with Gasteiger partial charge in [0, 0.05) is 10.1 Å². The van der Waals surface area contributed by atoms with Crippen LogP contribution in [0.1, 0.15) is 41.0 Å². The summed E-state index contributed by atoms with van der Waals surface area (Å²) in [6, 6.07) is 14.8. The molecule has 0 bridgehead atoms. The average Bonchev–Trinajstić information content (AvgIpc) is 2.88. The molecule has 0 aromatic heterocycles. The second-order valence-corrected chi connectivity index (χ2v) is 7.48. The second-order valence-electron chi connectivity index (χ2n) is 5.96. The zero-order valence-electron chi connectivity index (χ0n) is 14.4. The number of hydrogen-bond acceptors (Lipinski definition) is 4. The lowest BCUT2D eigenvalue weighted by molar-refractivity contribution is 0.0631. The van der Waals surface area contributed by atoms with Crippen molar-refractivity contribution < 1.29 is 14.3 Å². The highest BCUT2D eigenvalue weighted by molar-refractivity contribution is 7.99. The topological polar surface area (TPSA) is 46.6 Å². The lowest BCUT2D eigenvalue weighted by atomic mass is 10.1. The van der Waals surface area contributed by atoms with Gasteiger partial charge in [-0.1, -0.05) is 26.0 Å². The molecule has 2 amide bonds. The van der Waals surface area contributed by atoms with Crippen molar-refractivity contribution >= 4 is 23.6 Å². The fourth-order valence-electron chi connectivity index (χ4n) is 2.63. The van der Waals surface area contributed by atoms with Gasteiger partial charge >= 0.3 is 0 Å². The molecular formula is C20H21NO3S. The van der Waals surface area contributed by atoms with E-state index in [9.17, 15) is 9.59 Å². The van der Waals surface area contributed by atoms with Crippen LogP contribution in [0.25, 0.3) is 0 Å². The molecule has 0 N–H and O–H groups in total. The number of thioether (sulfide) groups is 1. The van der Waals surface area contributed by atoms with E-state index in [1.807, 2.05) is 36.0 Å². The predicted molar refractivity (Wildman–Crippen MR) is 99.4 cm³/mol. The van der Waals surface area contributed by atoms with Crippen LogP contribution in [0.3, 0.4) is 0 Å². The van der Waals surface area contributed by atoms with Crippen LogP contribution in [-0.4, -0.2) is 35.1 Å². The van der Waals surface area contributed by atoms with Crippen LogP contribution in [0.2, 0.25) is 0 Å². The average molecular weight is 355 g/mol. The molecular weight excluding hydrogens is 334 g/mol. The van der Waals surface area contributed by atoms with Crippen LogP contribution < -0.4 is 4.74 Å². The summed E-state index contributed by atoms with van der Waals surface area (Å²) < 4.78 is 5.69. The van der Waals surface area contributed by atoms with E-state index < -0.39 is 0 Å². The number of imide groups is 1. The third-order valence-electron chi connectivity index (χ3n) is 4.20. The molecule has 0 spiro atoms. The van der Waals surface area contributed by atoms with Crippen molar-refractivity contribution in [3.8, 4) is 5.75 Å². The molecule has 0 saturated heterocycles. The summed E-state index contributed by atoms with van der Waals surface area (Å²) in [6.07, 6.45) is 1.13. The summed E-state index contributed by atoms with van der Waals surface area (Å²) in [7, 11) is 0. The first-order valence-corrected chi connectivity index (χ1v) is 9.33. The van der Waals surface area contributed by atoms with Gasteiger partial charge in [0.25, 0.3) is 11.8 Å². The van der Waals surface area contributed by atoms with Crippen molar-refractivity contribution in [3.63, 3.8) is 0 Å². The Bertz CT molecular complexity index is 738. The fraction of sp³-hybridized carbons (Fsp3) is 0.300. The van der Waals surface area contributed by atoms with Crippen molar-refractivity contribution in [1.29, 1.82) is 0 Å². The van der Waals surface area contributed by atoms with Gasteiger partial charge in [-0.3, -0.25) is 14.5 Å². The second kappa shape index (κ2) is 7.74. The van der Waals surface area contributed by atoms with Gasteiger partial charge in [0.2, 0.25) is 0 Å². The summed E-state index contributed by atoms with van der Waals surface area (Å²) in [5, 5.41) is 0.584. The molecule has 2 aromatic rings. The van der Waals surface area contributed by atoms with Crippen molar-refractivity contribution in [2.24, 2.45) is 0 Å². The van der Waals surface area contributed by atoms with Gasteiger partial charge < -0.3 is 4.74 Å². The SMILES string of the molecule is CCC(C)Sc1ccc(OCCN2C(=O)c3ccccc3C2=O)cc1. The van der Waals surface area contributed by atoms with E-state index >= 15 is 0 Å². The Kier molecular flexibility index (Phi) is 5.43. The highest BCUT2D eigenvalue weighted by Gasteiger charge is 2.34. The third-order valence-corrected chi connectivity index (χ3v) is 5.48. The van der Waals surface area contributed by atoms with E-state index in [-0.39, 0.29) is 25.0 Å². The molecule has 1 aliphatic heterocycles. The Morgan fingerprint density at radius 1 is 1.00 bits per heavy atom. The van der Waals surface area contributed by atoms with Gasteiger partial charge in [0.15, 0.2) is 0 Å². The monoisotopic (exact) mass is 355 g/mol. The lowest BCUT2D eigenvalue weighted by Gasteiger charge is -2.14. The molecule has 5 heteroatoms. The molecule has 2 aromatic carbocycles. The van der Waals surface area contributed by atoms with Crippen LogP contribution >= 0.6 is 11.8 Å². The molecule has 1 atom stereocenters. The molecule has 0 fully saturated rings. The Hall–Kier alpha value is -2.27. The Labute approximate surface area is 152 Å². The summed E-state index contributed by atoms with van der Waals surface area (Å²) in [5.74, 6) is 0.249. The van der Waals surface area contributed by atoms with E-state index in [1.165, 1.54) is 9.80 Å². The summed E-state index contributed by atoms with van der Waals surface area (Å²) in [5.41, 5.74) is 0.942. The van der Waals surface area contributed by atoms with Gasteiger partial charge in [-0.2, -0.15) is 0 Å². The standard InChI is InChI=1S/C20H21NO3S/c1-3-14(2)25-16-10-8-15(9-11-16)24-13-12-21-19(22)17-6-4-5-7-18(17)20(21)23/h4-11,14H,3,12-13H2,1-2H3. The van der Waals surface area contributed by atoms with E-state index in [4.69, 9.17) is 4.74 Å². The highest BCUT2D eigenvalue weighted by atomic mass is 32.2. The van der Waals surface area contributed by atoms with Crippen molar-refractivity contribution in [1.82, 2.24) is 4.90 Å². The fourth-order valence-corrected chi connectivity index (χ4v) is 3.55. The first-order chi connectivity index (χ1) is 12.1. The molecule has 25 heavy (non-hydrogen) atoms. The molecule has 3 rings (SSSR count). The summed E-state index contributed by atoms with van der Waals surface area (Å²) in [4.78, 5) is 27.0. The van der Waals surface area contributed by atoms with Crippen LogP contribution in [-0.2, 0) is 0 Å². The Balaban J connectivity index is 1.54. The number of carbonyl (C=O) groups excluding carboxylic acids is 2. The molecule has 0 aliphatic carbocycles. The van der Waals surface area contributed by atoms with Crippen molar-refractivity contribution in [3.05, 3.63) is 59.7 Å². The van der Waals surface area contributed by atoms with Crippen LogP contribution in [0.5, 0.6) is 5.75 Å². The number of amides is 2. The zero-order chi connectivity index (χ0) is 17.8. The Morgan fingerprint density at radius 3 is 2.16 bits per heavy atom. The normalized spacial score (nSPS) is 14.6. The number of rotatable bonds is 7. The number of nitrogens with zero attached hydrogens (tertiary/aromatic N) is 1. The van der Waals surface area contributed by atoms with Gasteiger partial charge in [0.1, 0.15) is 12.4 Å². The van der Waals surface area contributed by atoms with Gasteiger partial charge in [-0.25, -0.2) is 0 Å². The minimum Gasteiger partial charge on any atom is -0.492 e. The van der Waals surface area contributed by atoms with Gasteiger partial charge in [-0.05, 0) is 42.8 Å². The molecule has 1 aliphatic rings. The first kappa shape index (κ1) is 17.5. The van der Waals surface area contributed by atoms with Gasteiger partial charge in [-0.15, -0.1) is 11.8 Å². The number of hydrogen-bond donors (Lipinski definition) is 0. The van der Waals surface area contributed by atoms with Crippen molar-refractivity contribution in [2.75, 3.05) is 13.2 Å². The van der Waals surface area contributed by atoms with E-state index in [0.717, 1.165) is 12.2 Å². The molecule has 0 saturated carbocycles. The molecule has 1 unspecified atom stereocenters. The first-order valence-electron chi connectivity index (χ1n) is 8.45. The summed E-state index contributed by atoms with van der Waals surface area (Å²) in [6.45, 7) is 4.91. The maximum absolute atomic E-state index is 12.3. The van der Waals surface area contributed by atoms with E-state index in [2.05, 4.69) is 13.8 Å². The maximum Gasteiger partial charge on any atom is 0.261 e. The number of fused-ring (bicyclic) bond motifs is 1. The quantitative estimate of drug-likeness (QED) is 0.550. The zero-order valence-corrected chi connectivity index (χ0v) is 15.2. The van der Waals surface area contributed by atoms with Gasteiger partial charge in [0.05, 0.1) is 17.7 Å². The maximum atomic E-state index is 12.3. The van der Waals surface area contributed by atoms with Crippen LogP contribution in [0.4, 0.5) is 0 Å². The molecule has 130 valence electrons. The predicted octanol–water partition coefficient (Wildman–Crippen LogP) is 4.25. The highest BCUT2D eigenvalue weighted by Crippen LogP contribution is 2.27.